The average molecular weight is 262 g/mol. The molecule has 0 heterocycles. The molecule has 2 unspecified atom stereocenters. The fraction of sp³-hybridized carbons (Fsp3) is 0.562. The molecule has 0 fully saturated rings. The number of nitrogens with two attached hydrogens (primary N) is 1. The van der Waals surface area contributed by atoms with Crippen LogP contribution in [0.1, 0.15) is 40.2 Å². The van der Waals surface area contributed by atoms with Crippen LogP contribution in [0.15, 0.2) is 30.3 Å². The number of rotatable bonds is 5. The molecular weight excluding hydrogens is 236 g/mol. The lowest BCUT2D eigenvalue weighted by molar-refractivity contribution is -0.124. The molecule has 0 aliphatic heterocycles. The third kappa shape index (κ3) is 3.80. The molecule has 3 heteroatoms. The Bertz CT molecular complexity index is 412. The van der Waals surface area contributed by atoms with Crippen molar-refractivity contribution in [3.8, 4) is 0 Å². The molecule has 1 amide bonds. The van der Waals surface area contributed by atoms with Crippen molar-refractivity contribution in [2.75, 3.05) is 0 Å². The van der Waals surface area contributed by atoms with Crippen LogP contribution in [-0.2, 0) is 10.2 Å². The van der Waals surface area contributed by atoms with E-state index in [4.69, 9.17) is 5.73 Å². The van der Waals surface area contributed by atoms with Crippen LogP contribution < -0.4 is 11.1 Å². The first kappa shape index (κ1) is 15.7. The van der Waals surface area contributed by atoms with Crippen molar-refractivity contribution in [2.24, 2.45) is 11.7 Å². The van der Waals surface area contributed by atoms with Gasteiger partial charge in [-0.1, -0.05) is 58.0 Å². The Kier molecular flexibility index (Phi) is 5.12. The Balaban J connectivity index is 2.77. The van der Waals surface area contributed by atoms with Crippen LogP contribution >= 0.6 is 0 Å². The Morgan fingerprint density at radius 3 is 2.16 bits per heavy atom. The van der Waals surface area contributed by atoms with Gasteiger partial charge in [0.15, 0.2) is 0 Å². The maximum atomic E-state index is 12.0. The number of nitrogens with one attached hydrogen (secondary N) is 1. The molecule has 0 saturated heterocycles. The summed E-state index contributed by atoms with van der Waals surface area (Å²) >= 11 is 0. The van der Waals surface area contributed by atoms with Crippen LogP contribution in [0.25, 0.3) is 0 Å². The third-order valence-corrected chi connectivity index (χ3v) is 3.98. The van der Waals surface area contributed by atoms with Crippen molar-refractivity contribution < 1.29 is 4.79 Å². The van der Waals surface area contributed by atoms with Gasteiger partial charge in [0.25, 0.3) is 0 Å². The van der Waals surface area contributed by atoms with E-state index in [0.717, 1.165) is 0 Å². The predicted molar refractivity (Wildman–Crippen MR) is 79.9 cm³/mol. The molecule has 106 valence electrons. The Labute approximate surface area is 116 Å². The SMILES string of the molecule is CC(C)C(N)C(=O)NC(C)C(C)(C)c1ccccc1. The van der Waals surface area contributed by atoms with E-state index in [2.05, 4.69) is 31.3 Å². The topological polar surface area (TPSA) is 55.1 Å². The van der Waals surface area contributed by atoms with Gasteiger partial charge in [-0.05, 0) is 18.4 Å². The number of carbonyl (C=O) groups excluding carboxylic acids is 1. The molecule has 3 N–H and O–H groups in total. The molecule has 3 nitrogen and oxygen atoms in total. The molecule has 0 aromatic heterocycles. The highest BCUT2D eigenvalue weighted by Gasteiger charge is 2.30. The summed E-state index contributed by atoms with van der Waals surface area (Å²) in [7, 11) is 0. The highest BCUT2D eigenvalue weighted by Crippen LogP contribution is 2.26. The van der Waals surface area contributed by atoms with E-state index in [1.807, 2.05) is 39.0 Å². The summed E-state index contributed by atoms with van der Waals surface area (Å²) in [6.45, 7) is 10.2. The van der Waals surface area contributed by atoms with Gasteiger partial charge in [0, 0.05) is 11.5 Å². The van der Waals surface area contributed by atoms with Crippen LogP contribution in [-0.4, -0.2) is 18.0 Å². The van der Waals surface area contributed by atoms with Crippen molar-refractivity contribution in [3.05, 3.63) is 35.9 Å². The third-order valence-electron chi connectivity index (χ3n) is 3.98. The molecule has 1 rings (SSSR count). The summed E-state index contributed by atoms with van der Waals surface area (Å²) in [4.78, 5) is 12.0. The van der Waals surface area contributed by atoms with Crippen molar-refractivity contribution in [1.82, 2.24) is 5.32 Å². The predicted octanol–water partition coefficient (Wildman–Crippen LogP) is 2.45. The van der Waals surface area contributed by atoms with E-state index in [-0.39, 0.29) is 23.3 Å². The minimum atomic E-state index is -0.450. The highest BCUT2D eigenvalue weighted by atomic mass is 16.2. The quantitative estimate of drug-likeness (QED) is 0.856. The minimum Gasteiger partial charge on any atom is -0.351 e. The first-order chi connectivity index (χ1) is 8.76. The van der Waals surface area contributed by atoms with Crippen LogP contribution in [0.4, 0.5) is 0 Å². The number of benzene rings is 1. The zero-order chi connectivity index (χ0) is 14.6. The molecule has 0 radical (unpaired) electrons. The van der Waals surface area contributed by atoms with Crippen LogP contribution in [0.5, 0.6) is 0 Å². The van der Waals surface area contributed by atoms with Crippen LogP contribution in [0, 0.1) is 5.92 Å². The summed E-state index contributed by atoms with van der Waals surface area (Å²) in [5.41, 5.74) is 6.96. The largest absolute Gasteiger partial charge is 0.351 e. The average Bonchev–Trinajstić information content (AvgIpc) is 2.38. The van der Waals surface area contributed by atoms with Crippen molar-refractivity contribution >= 4 is 5.91 Å². The first-order valence-corrected chi connectivity index (χ1v) is 6.88. The molecule has 0 saturated carbocycles. The van der Waals surface area contributed by atoms with Gasteiger partial charge in [-0.15, -0.1) is 0 Å². The van der Waals surface area contributed by atoms with E-state index < -0.39 is 6.04 Å². The Morgan fingerprint density at radius 2 is 1.68 bits per heavy atom. The fourth-order valence-electron chi connectivity index (χ4n) is 1.91. The molecular formula is C16H26N2O. The van der Waals surface area contributed by atoms with Crippen molar-refractivity contribution in [1.29, 1.82) is 0 Å². The lowest BCUT2D eigenvalue weighted by Gasteiger charge is -2.34. The second-order valence-corrected chi connectivity index (χ2v) is 6.09. The summed E-state index contributed by atoms with van der Waals surface area (Å²) in [6.07, 6.45) is 0. The molecule has 2 atom stereocenters. The minimum absolute atomic E-state index is 0.0206. The Morgan fingerprint density at radius 1 is 1.16 bits per heavy atom. The van der Waals surface area contributed by atoms with Gasteiger partial charge in [0.2, 0.25) is 5.91 Å². The van der Waals surface area contributed by atoms with Crippen molar-refractivity contribution in [2.45, 2.75) is 52.1 Å². The van der Waals surface area contributed by atoms with Gasteiger partial charge in [0.1, 0.15) is 0 Å². The summed E-state index contributed by atoms with van der Waals surface area (Å²) < 4.78 is 0. The molecule has 0 aliphatic carbocycles. The summed E-state index contributed by atoms with van der Waals surface area (Å²) in [5.74, 6) is 0.0681. The number of hydrogen-bond acceptors (Lipinski definition) is 2. The van der Waals surface area contributed by atoms with E-state index >= 15 is 0 Å². The molecule has 0 bridgehead atoms. The van der Waals surface area contributed by atoms with Gasteiger partial charge in [-0.3, -0.25) is 4.79 Å². The van der Waals surface area contributed by atoms with Gasteiger partial charge in [-0.25, -0.2) is 0 Å². The molecule has 1 aromatic carbocycles. The fourth-order valence-corrected chi connectivity index (χ4v) is 1.91. The Hall–Kier alpha value is -1.35. The molecule has 19 heavy (non-hydrogen) atoms. The smallest absolute Gasteiger partial charge is 0.237 e. The second-order valence-electron chi connectivity index (χ2n) is 6.09. The lowest BCUT2D eigenvalue weighted by atomic mass is 9.78. The molecule has 1 aromatic rings. The summed E-state index contributed by atoms with van der Waals surface area (Å²) in [6, 6.07) is 9.78. The zero-order valence-corrected chi connectivity index (χ0v) is 12.6. The number of carbonyl (C=O) groups is 1. The summed E-state index contributed by atoms with van der Waals surface area (Å²) in [5, 5.41) is 3.04. The van der Waals surface area contributed by atoms with E-state index in [9.17, 15) is 4.79 Å². The van der Waals surface area contributed by atoms with Gasteiger partial charge in [0.05, 0.1) is 6.04 Å². The zero-order valence-electron chi connectivity index (χ0n) is 12.6. The van der Waals surface area contributed by atoms with Gasteiger partial charge >= 0.3 is 0 Å². The van der Waals surface area contributed by atoms with Crippen molar-refractivity contribution in [3.63, 3.8) is 0 Å². The van der Waals surface area contributed by atoms with E-state index in [1.165, 1.54) is 5.56 Å². The van der Waals surface area contributed by atoms with Crippen LogP contribution in [0.2, 0.25) is 0 Å². The van der Waals surface area contributed by atoms with E-state index in [0.29, 0.717) is 0 Å². The van der Waals surface area contributed by atoms with Gasteiger partial charge < -0.3 is 11.1 Å². The number of amides is 1. The van der Waals surface area contributed by atoms with E-state index in [1.54, 1.807) is 0 Å². The normalized spacial score (nSPS) is 15.1. The van der Waals surface area contributed by atoms with Gasteiger partial charge in [-0.2, -0.15) is 0 Å². The second kappa shape index (κ2) is 6.20. The lowest BCUT2D eigenvalue weighted by Crippen LogP contribution is -2.52. The monoisotopic (exact) mass is 262 g/mol. The van der Waals surface area contributed by atoms with Crippen LogP contribution in [0.3, 0.4) is 0 Å². The highest BCUT2D eigenvalue weighted by molar-refractivity contribution is 5.82. The first-order valence-electron chi connectivity index (χ1n) is 6.88. The maximum Gasteiger partial charge on any atom is 0.237 e. The molecule has 0 aliphatic rings. The standard InChI is InChI=1S/C16H26N2O/c1-11(2)14(17)15(19)18-12(3)16(4,5)13-9-7-6-8-10-13/h6-12,14H,17H2,1-5H3,(H,18,19). The number of hydrogen-bond donors (Lipinski definition) is 2. The molecule has 0 spiro atoms. The maximum absolute atomic E-state index is 12.0.